The van der Waals surface area contributed by atoms with Gasteiger partial charge in [-0.1, -0.05) is 18.2 Å². The van der Waals surface area contributed by atoms with E-state index >= 15 is 0 Å². The maximum Gasteiger partial charge on any atom is 0.303 e. The van der Waals surface area contributed by atoms with Crippen molar-refractivity contribution in [2.75, 3.05) is 0 Å². The van der Waals surface area contributed by atoms with Crippen LogP contribution in [-0.2, 0) is 11.2 Å². The molecule has 0 amide bonds. The molecule has 1 aliphatic rings. The van der Waals surface area contributed by atoms with Crippen molar-refractivity contribution >= 4 is 5.97 Å². The standard InChI is InChI=1S/C18H16F2O2/c19-15-6-14(7-16(20)10-15)12-5-4-11-2-1-3-13(9-18(21)22)17(11)8-12/h4-8,10,13H,1-3,9H2,(H,21,22). The van der Waals surface area contributed by atoms with Crippen LogP contribution in [0.1, 0.15) is 36.3 Å². The largest absolute Gasteiger partial charge is 0.481 e. The van der Waals surface area contributed by atoms with Crippen LogP contribution in [0.5, 0.6) is 0 Å². The summed E-state index contributed by atoms with van der Waals surface area (Å²) < 4.78 is 26.8. The van der Waals surface area contributed by atoms with Crippen LogP contribution >= 0.6 is 0 Å². The quantitative estimate of drug-likeness (QED) is 0.904. The smallest absolute Gasteiger partial charge is 0.303 e. The summed E-state index contributed by atoms with van der Waals surface area (Å²) in [6, 6.07) is 9.10. The Morgan fingerprint density at radius 3 is 2.50 bits per heavy atom. The topological polar surface area (TPSA) is 37.3 Å². The summed E-state index contributed by atoms with van der Waals surface area (Å²) in [5, 5.41) is 9.05. The molecule has 22 heavy (non-hydrogen) atoms. The summed E-state index contributed by atoms with van der Waals surface area (Å²) >= 11 is 0. The van der Waals surface area contributed by atoms with Gasteiger partial charge in [0.25, 0.3) is 0 Å². The van der Waals surface area contributed by atoms with E-state index in [2.05, 4.69) is 0 Å². The Morgan fingerprint density at radius 2 is 1.82 bits per heavy atom. The number of halogens is 2. The summed E-state index contributed by atoms with van der Waals surface area (Å²) in [4.78, 5) is 11.0. The minimum absolute atomic E-state index is 0.0281. The van der Waals surface area contributed by atoms with E-state index in [9.17, 15) is 13.6 Å². The van der Waals surface area contributed by atoms with Gasteiger partial charge >= 0.3 is 5.97 Å². The third-order valence-electron chi connectivity index (χ3n) is 4.20. The number of aryl methyl sites for hydroxylation is 1. The van der Waals surface area contributed by atoms with Crippen molar-refractivity contribution in [2.45, 2.75) is 31.6 Å². The predicted octanol–water partition coefficient (Wildman–Crippen LogP) is 4.53. The molecule has 1 unspecified atom stereocenters. The average molecular weight is 302 g/mol. The molecule has 0 radical (unpaired) electrons. The number of carboxylic acid groups (broad SMARTS) is 1. The highest BCUT2D eigenvalue weighted by molar-refractivity contribution is 5.70. The van der Waals surface area contributed by atoms with Gasteiger partial charge in [0.2, 0.25) is 0 Å². The average Bonchev–Trinajstić information content (AvgIpc) is 2.45. The predicted molar refractivity (Wildman–Crippen MR) is 79.7 cm³/mol. The molecule has 1 N–H and O–H groups in total. The number of hydrogen-bond donors (Lipinski definition) is 1. The fourth-order valence-corrected chi connectivity index (χ4v) is 3.22. The van der Waals surface area contributed by atoms with Crippen LogP contribution in [0.15, 0.2) is 36.4 Å². The summed E-state index contributed by atoms with van der Waals surface area (Å²) in [5.41, 5.74) is 3.32. The van der Waals surface area contributed by atoms with Crippen molar-refractivity contribution < 1.29 is 18.7 Å². The van der Waals surface area contributed by atoms with Crippen LogP contribution in [0, 0.1) is 11.6 Å². The SMILES string of the molecule is O=C(O)CC1CCCc2ccc(-c3cc(F)cc(F)c3)cc21. The minimum atomic E-state index is -0.819. The zero-order chi connectivity index (χ0) is 15.7. The lowest BCUT2D eigenvalue weighted by Gasteiger charge is -2.25. The highest BCUT2D eigenvalue weighted by Gasteiger charge is 2.23. The van der Waals surface area contributed by atoms with Crippen molar-refractivity contribution in [3.8, 4) is 11.1 Å². The molecular weight excluding hydrogens is 286 g/mol. The lowest BCUT2D eigenvalue weighted by molar-refractivity contribution is -0.137. The Balaban J connectivity index is 2.03. The molecule has 2 aromatic carbocycles. The van der Waals surface area contributed by atoms with Crippen LogP contribution in [0.4, 0.5) is 8.78 Å². The van der Waals surface area contributed by atoms with E-state index in [0.717, 1.165) is 42.0 Å². The van der Waals surface area contributed by atoms with Crippen molar-refractivity contribution in [3.63, 3.8) is 0 Å². The second kappa shape index (κ2) is 5.87. The minimum Gasteiger partial charge on any atom is -0.481 e. The van der Waals surface area contributed by atoms with Crippen molar-refractivity contribution in [2.24, 2.45) is 0 Å². The molecule has 1 atom stereocenters. The fraction of sp³-hybridized carbons (Fsp3) is 0.278. The van der Waals surface area contributed by atoms with Gasteiger partial charge < -0.3 is 5.11 Å². The maximum atomic E-state index is 13.4. The van der Waals surface area contributed by atoms with Gasteiger partial charge in [-0.2, -0.15) is 0 Å². The van der Waals surface area contributed by atoms with E-state index in [1.165, 1.54) is 12.1 Å². The van der Waals surface area contributed by atoms with Gasteiger partial charge in [0.1, 0.15) is 11.6 Å². The van der Waals surface area contributed by atoms with Crippen LogP contribution in [0.25, 0.3) is 11.1 Å². The number of aliphatic carboxylic acids is 1. The fourth-order valence-electron chi connectivity index (χ4n) is 3.22. The Kier molecular flexibility index (Phi) is 3.92. The number of rotatable bonds is 3. The normalized spacial score (nSPS) is 17.1. The van der Waals surface area contributed by atoms with Gasteiger partial charge in [0.05, 0.1) is 6.42 Å². The zero-order valence-corrected chi connectivity index (χ0v) is 12.0. The first-order chi connectivity index (χ1) is 10.5. The molecule has 0 heterocycles. The first kappa shape index (κ1) is 14.7. The van der Waals surface area contributed by atoms with E-state index in [4.69, 9.17) is 5.11 Å². The van der Waals surface area contributed by atoms with E-state index in [0.29, 0.717) is 5.56 Å². The third-order valence-corrected chi connectivity index (χ3v) is 4.20. The Morgan fingerprint density at radius 1 is 1.09 bits per heavy atom. The molecule has 0 fully saturated rings. The summed E-state index contributed by atoms with van der Waals surface area (Å²) in [7, 11) is 0. The van der Waals surface area contributed by atoms with Gasteiger partial charge in [-0.3, -0.25) is 4.79 Å². The molecule has 0 aliphatic heterocycles. The van der Waals surface area contributed by atoms with Gasteiger partial charge in [-0.05, 0) is 59.6 Å². The number of benzene rings is 2. The first-order valence-electron chi connectivity index (χ1n) is 7.34. The Bertz CT molecular complexity index is 705. The molecule has 0 saturated carbocycles. The second-order valence-electron chi connectivity index (χ2n) is 5.76. The molecule has 0 saturated heterocycles. The van der Waals surface area contributed by atoms with Crippen molar-refractivity contribution in [1.29, 1.82) is 0 Å². The maximum absolute atomic E-state index is 13.4. The Labute approximate surface area is 127 Å². The summed E-state index contributed by atoms with van der Waals surface area (Å²) in [6.07, 6.45) is 2.82. The molecule has 2 nitrogen and oxygen atoms in total. The highest BCUT2D eigenvalue weighted by Crippen LogP contribution is 2.36. The molecule has 114 valence electrons. The summed E-state index contributed by atoms with van der Waals surface area (Å²) in [5.74, 6) is -2.08. The van der Waals surface area contributed by atoms with Crippen LogP contribution in [-0.4, -0.2) is 11.1 Å². The molecule has 0 spiro atoms. The molecule has 3 rings (SSSR count). The molecule has 4 heteroatoms. The zero-order valence-electron chi connectivity index (χ0n) is 12.0. The third kappa shape index (κ3) is 3.01. The lowest BCUT2D eigenvalue weighted by Crippen LogP contribution is -2.13. The van der Waals surface area contributed by atoms with E-state index < -0.39 is 17.6 Å². The Hall–Kier alpha value is -2.23. The van der Waals surface area contributed by atoms with Gasteiger partial charge in [-0.25, -0.2) is 8.78 Å². The molecule has 0 aromatic heterocycles. The molecule has 0 bridgehead atoms. The highest BCUT2D eigenvalue weighted by atomic mass is 19.1. The first-order valence-corrected chi connectivity index (χ1v) is 7.34. The number of fused-ring (bicyclic) bond motifs is 1. The lowest BCUT2D eigenvalue weighted by atomic mass is 9.80. The van der Waals surface area contributed by atoms with Gasteiger partial charge in [0.15, 0.2) is 0 Å². The van der Waals surface area contributed by atoms with Crippen LogP contribution in [0.3, 0.4) is 0 Å². The number of carboxylic acids is 1. The monoisotopic (exact) mass is 302 g/mol. The van der Waals surface area contributed by atoms with E-state index in [-0.39, 0.29) is 12.3 Å². The second-order valence-corrected chi connectivity index (χ2v) is 5.76. The molecule has 1 aliphatic carbocycles. The van der Waals surface area contributed by atoms with Gasteiger partial charge in [0, 0.05) is 6.07 Å². The van der Waals surface area contributed by atoms with Crippen molar-refractivity contribution in [1.82, 2.24) is 0 Å². The molecular formula is C18H16F2O2. The van der Waals surface area contributed by atoms with Crippen LogP contribution < -0.4 is 0 Å². The van der Waals surface area contributed by atoms with E-state index in [1.807, 2.05) is 18.2 Å². The number of hydrogen-bond acceptors (Lipinski definition) is 1. The summed E-state index contributed by atoms with van der Waals surface area (Å²) in [6.45, 7) is 0. The number of carbonyl (C=O) groups is 1. The molecule has 2 aromatic rings. The van der Waals surface area contributed by atoms with Crippen LogP contribution in [0.2, 0.25) is 0 Å². The van der Waals surface area contributed by atoms with E-state index in [1.54, 1.807) is 0 Å². The van der Waals surface area contributed by atoms with Crippen molar-refractivity contribution in [3.05, 3.63) is 59.2 Å². The van der Waals surface area contributed by atoms with Gasteiger partial charge in [-0.15, -0.1) is 0 Å².